The molecule has 10 heteroatoms. The maximum absolute atomic E-state index is 13.6. The summed E-state index contributed by atoms with van der Waals surface area (Å²) in [7, 11) is 0. The molecule has 9 nitrogen and oxygen atoms in total. The molecule has 0 bridgehead atoms. The second kappa shape index (κ2) is 13.4. The Kier molecular flexibility index (Phi) is 10.1. The lowest BCUT2D eigenvalue weighted by Gasteiger charge is -2.30. The predicted molar refractivity (Wildman–Crippen MR) is 168 cm³/mol. The Bertz CT molecular complexity index is 1590. The van der Waals surface area contributed by atoms with Crippen LogP contribution in [0.5, 0.6) is 0 Å². The van der Waals surface area contributed by atoms with Crippen LogP contribution in [0.2, 0.25) is 0 Å². The molecule has 0 saturated heterocycles. The van der Waals surface area contributed by atoms with E-state index in [0.717, 1.165) is 35.1 Å². The number of hydrogen-bond acceptors (Lipinski definition) is 8. The molecule has 1 aromatic heterocycles. The number of rotatable bonds is 9. The Morgan fingerprint density at radius 2 is 1.69 bits per heavy atom. The van der Waals surface area contributed by atoms with E-state index in [2.05, 4.69) is 15.3 Å². The van der Waals surface area contributed by atoms with Crippen molar-refractivity contribution in [3.63, 3.8) is 0 Å². The van der Waals surface area contributed by atoms with Gasteiger partial charge in [-0.15, -0.1) is 0 Å². The monoisotopic (exact) mass is 618 g/mol. The number of aryl methyl sites for hydroxylation is 1. The second-order valence-corrected chi connectivity index (χ2v) is 13.5. The molecular weight excluding hydrogens is 575 g/mol. The molecule has 1 heterocycles. The highest BCUT2D eigenvalue weighted by atomic mass is 19.1. The van der Waals surface area contributed by atoms with Crippen LogP contribution in [-0.2, 0) is 33.8 Å². The molecule has 2 aromatic carbocycles. The summed E-state index contributed by atoms with van der Waals surface area (Å²) in [5, 5.41) is 2.83. The first kappa shape index (κ1) is 33.7. The molecular formula is C35H43FN4O5. The smallest absolute Gasteiger partial charge is 0.338 e. The van der Waals surface area contributed by atoms with Gasteiger partial charge in [0, 0.05) is 19.1 Å². The molecule has 0 saturated carbocycles. The van der Waals surface area contributed by atoms with Crippen LogP contribution in [0.25, 0.3) is 0 Å². The van der Waals surface area contributed by atoms with Gasteiger partial charge in [-0.05, 0) is 114 Å². The summed E-state index contributed by atoms with van der Waals surface area (Å²) < 4.78 is 24.9. The Hall–Kier alpha value is -4.18. The number of fused-ring (bicyclic) bond motifs is 1. The van der Waals surface area contributed by atoms with Crippen LogP contribution < -0.4 is 5.32 Å². The van der Waals surface area contributed by atoms with Crippen LogP contribution in [0.4, 0.5) is 4.39 Å². The highest BCUT2D eigenvalue weighted by molar-refractivity contribution is 5.92. The first-order chi connectivity index (χ1) is 21.0. The summed E-state index contributed by atoms with van der Waals surface area (Å²) in [6, 6.07) is 9.89. The molecule has 3 aromatic rings. The SMILES string of the molecule is Cc1cc(CNC(=O)c2cc(CN(CC(=O)OC(C)(C)C)[C@@H]3CCc4c3ccc(C(=O)OC(C)(C)C)c4C)ncn2)ccc1F. The highest BCUT2D eigenvalue weighted by Crippen LogP contribution is 2.39. The molecule has 1 N–H and O–H groups in total. The summed E-state index contributed by atoms with van der Waals surface area (Å²) in [6.45, 7) is 15.1. The zero-order valence-electron chi connectivity index (χ0n) is 27.4. The fourth-order valence-corrected chi connectivity index (χ4v) is 5.51. The van der Waals surface area contributed by atoms with Crippen LogP contribution in [0, 0.1) is 19.7 Å². The molecule has 0 unspecified atom stereocenters. The first-order valence-electron chi connectivity index (χ1n) is 15.2. The van der Waals surface area contributed by atoms with E-state index in [-0.39, 0.29) is 49.1 Å². The normalized spacial score (nSPS) is 14.7. The Morgan fingerprint density at radius 3 is 2.36 bits per heavy atom. The van der Waals surface area contributed by atoms with Gasteiger partial charge in [-0.3, -0.25) is 14.5 Å². The number of ether oxygens (including phenoxy) is 2. The lowest BCUT2D eigenvalue weighted by Crippen LogP contribution is -2.36. The van der Waals surface area contributed by atoms with E-state index in [1.807, 2.05) is 59.4 Å². The van der Waals surface area contributed by atoms with Gasteiger partial charge in [0.05, 0.1) is 17.8 Å². The Labute approximate surface area is 264 Å². The van der Waals surface area contributed by atoms with Crippen molar-refractivity contribution in [3.8, 4) is 0 Å². The fourth-order valence-electron chi connectivity index (χ4n) is 5.51. The molecule has 0 aliphatic heterocycles. The van der Waals surface area contributed by atoms with Crippen LogP contribution in [-0.4, -0.2) is 50.5 Å². The van der Waals surface area contributed by atoms with Gasteiger partial charge >= 0.3 is 11.9 Å². The lowest BCUT2D eigenvalue weighted by atomic mass is 9.97. The molecule has 1 amide bonds. The van der Waals surface area contributed by atoms with E-state index in [1.54, 1.807) is 31.2 Å². The number of esters is 2. The summed E-state index contributed by atoms with van der Waals surface area (Å²) in [6.07, 6.45) is 2.79. The van der Waals surface area contributed by atoms with Gasteiger partial charge in [0.25, 0.3) is 5.91 Å². The summed E-state index contributed by atoms with van der Waals surface area (Å²) in [5.74, 6) is -1.43. The van der Waals surface area contributed by atoms with E-state index in [9.17, 15) is 18.8 Å². The number of aromatic nitrogens is 2. The van der Waals surface area contributed by atoms with Crippen molar-refractivity contribution < 1.29 is 28.2 Å². The van der Waals surface area contributed by atoms with Crippen molar-refractivity contribution in [1.29, 1.82) is 0 Å². The van der Waals surface area contributed by atoms with E-state index < -0.39 is 17.1 Å². The summed E-state index contributed by atoms with van der Waals surface area (Å²) >= 11 is 0. The maximum atomic E-state index is 13.6. The average molecular weight is 619 g/mol. The molecule has 0 fully saturated rings. The van der Waals surface area contributed by atoms with E-state index in [1.165, 1.54) is 12.4 Å². The quantitative estimate of drug-likeness (QED) is 0.293. The van der Waals surface area contributed by atoms with Crippen molar-refractivity contribution in [1.82, 2.24) is 20.2 Å². The standard InChI is InChI=1S/C35H43FN4O5/c1-21-15-23(9-13-28(21)36)17-37-32(42)29-16-24(38-20-39-29)18-40(19-31(41)44-34(3,4)5)30-14-12-25-22(2)26(10-11-27(25)30)33(43)45-35(6,7)8/h9-11,13,15-16,20,30H,12,14,17-19H2,1-8H3,(H,37,42)/t30-/m1/s1. The number of benzene rings is 2. The second-order valence-electron chi connectivity index (χ2n) is 13.5. The van der Waals surface area contributed by atoms with Gasteiger partial charge in [-0.2, -0.15) is 0 Å². The number of nitrogens with zero attached hydrogens (tertiary/aromatic N) is 3. The third-order valence-corrected chi connectivity index (χ3v) is 7.47. The van der Waals surface area contributed by atoms with Gasteiger partial charge in [0.15, 0.2) is 0 Å². The number of amides is 1. The molecule has 4 rings (SSSR count). The highest BCUT2D eigenvalue weighted by Gasteiger charge is 2.33. The van der Waals surface area contributed by atoms with Crippen LogP contribution >= 0.6 is 0 Å². The minimum Gasteiger partial charge on any atom is -0.459 e. The molecule has 45 heavy (non-hydrogen) atoms. The van der Waals surface area contributed by atoms with Gasteiger partial charge in [-0.1, -0.05) is 18.2 Å². The number of hydrogen-bond donors (Lipinski definition) is 1. The van der Waals surface area contributed by atoms with Gasteiger partial charge in [0.2, 0.25) is 0 Å². The topological polar surface area (TPSA) is 111 Å². The number of halogens is 1. The number of nitrogens with one attached hydrogen (secondary N) is 1. The van der Waals surface area contributed by atoms with Crippen LogP contribution in [0.3, 0.4) is 0 Å². The molecule has 1 aliphatic carbocycles. The Balaban J connectivity index is 1.57. The van der Waals surface area contributed by atoms with Crippen molar-refractivity contribution in [2.45, 2.75) is 98.6 Å². The molecule has 1 aliphatic rings. The minimum absolute atomic E-state index is 0.00366. The van der Waals surface area contributed by atoms with E-state index in [0.29, 0.717) is 16.8 Å². The number of carbonyl (C=O) groups is 3. The van der Waals surface area contributed by atoms with E-state index in [4.69, 9.17) is 9.47 Å². The summed E-state index contributed by atoms with van der Waals surface area (Å²) in [5.41, 5.74) is 4.25. The largest absolute Gasteiger partial charge is 0.459 e. The summed E-state index contributed by atoms with van der Waals surface area (Å²) in [4.78, 5) is 49.5. The van der Waals surface area contributed by atoms with Crippen molar-refractivity contribution in [2.24, 2.45) is 0 Å². The number of carbonyl (C=O) groups excluding carboxylic acids is 3. The lowest BCUT2D eigenvalue weighted by molar-refractivity contribution is -0.157. The Morgan fingerprint density at radius 1 is 0.978 bits per heavy atom. The minimum atomic E-state index is -0.654. The van der Waals surface area contributed by atoms with Gasteiger partial charge < -0.3 is 14.8 Å². The van der Waals surface area contributed by atoms with Crippen molar-refractivity contribution in [3.05, 3.63) is 93.3 Å². The van der Waals surface area contributed by atoms with Crippen LogP contribution in [0.1, 0.15) is 108 Å². The predicted octanol–water partition coefficient (Wildman–Crippen LogP) is 5.95. The van der Waals surface area contributed by atoms with Crippen LogP contribution in [0.15, 0.2) is 42.7 Å². The fraction of sp³-hybridized carbons (Fsp3) is 0.457. The van der Waals surface area contributed by atoms with Gasteiger partial charge in [-0.25, -0.2) is 19.2 Å². The first-order valence-corrected chi connectivity index (χ1v) is 15.2. The molecule has 0 spiro atoms. The van der Waals surface area contributed by atoms with E-state index >= 15 is 0 Å². The zero-order chi connectivity index (χ0) is 33.1. The zero-order valence-corrected chi connectivity index (χ0v) is 27.4. The third kappa shape index (κ3) is 8.94. The van der Waals surface area contributed by atoms with Gasteiger partial charge in [0.1, 0.15) is 29.0 Å². The maximum Gasteiger partial charge on any atom is 0.338 e. The van der Waals surface area contributed by atoms with Crippen molar-refractivity contribution >= 4 is 17.8 Å². The molecule has 1 atom stereocenters. The van der Waals surface area contributed by atoms with Crippen molar-refractivity contribution in [2.75, 3.05) is 6.54 Å². The molecule has 240 valence electrons. The average Bonchev–Trinajstić information content (AvgIpc) is 3.36. The molecule has 0 radical (unpaired) electrons. The third-order valence-electron chi connectivity index (χ3n) is 7.47.